The van der Waals surface area contributed by atoms with Gasteiger partial charge in [0.05, 0.1) is 11.7 Å². The van der Waals surface area contributed by atoms with Gasteiger partial charge in [-0.1, -0.05) is 36.4 Å². The molecule has 5 rings (SSSR count). The number of hydrogen-bond acceptors (Lipinski definition) is 5. The second-order valence-corrected chi connectivity index (χ2v) is 7.16. The molecular weight excluding hydrogens is 348 g/mol. The average molecular weight is 370 g/mol. The summed E-state index contributed by atoms with van der Waals surface area (Å²) < 4.78 is 0. The van der Waals surface area contributed by atoms with Gasteiger partial charge in [0, 0.05) is 49.9 Å². The molecule has 2 aromatic heterocycles. The van der Waals surface area contributed by atoms with E-state index in [0.717, 1.165) is 60.6 Å². The molecule has 28 heavy (non-hydrogen) atoms. The van der Waals surface area contributed by atoms with Crippen molar-refractivity contribution in [2.24, 2.45) is 0 Å². The molecule has 1 aliphatic rings. The molecule has 4 aromatic rings. The fourth-order valence-electron chi connectivity index (χ4n) is 3.84. The number of piperazine rings is 1. The highest BCUT2D eigenvalue weighted by Gasteiger charge is 2.20. The van der Waals surface area contributed by atoms with Gasteiger partial charge in [0.2, 0.25) is 0 Å². The summed E-state index contributed by atoms with van der Waals surface area (Å²) in [6.45, 7) is 5.00. The van der Waals surface area contributed by atoms with E-state index in [4.69, 9.17) is 0 Å². The minimum absolute atomic E-state index is 0.967. The molecule has 3 heterocycles. The van der Waals surface area contributed by atoms with Gasteiger partial charge >= 0.3 is 0 Å². The summed E-state index contributed by atoms with van der Waals surface area (Å²) in [7, 11) is 0. The summed E-state index contributed by atoms with van der Waals surface area (Å²) in [6.07, 6.45) is 5.42. The second-order valence-electron chi connectivity index (χ2n) is 7.16. The largest absolute Gasteiger partial charge is 0.353 e. The molecule has 0 aliphatic carbocycles. The van der Waals surface area contributed by atoms with Gasteiger partial charge in [0.1, 0.15) is 12.1 Å². The molecule has 140 valence electrons. The summed E-state index contributed by atoms with van der Waals surface area (Å²) in [5.41, 5.74) is 4.54. The van der Waals surface area contributed by atoms with Crippen LogP contribution >= 0.6 is 0 Å². The van der Waals surface area contributed by atoms with Crippen LogP contribution in [0.3, 0.4) is 0 Å². The number of H-pyrrole nitrogens is 1. The number of aromatic nitrogens is 4. The zero-order chi connectivity index (χ0) is 18.8. The van der Waals surface area contributed by atoms with Crippen molar-refractivity contribution in [1.82, 2.24) is 25.1 Å². The monoisotopic (exact) mass is 370 g/mol. The standard InChI is InChI=1S/C22H22N6/c1-2-4-17(5-3-1)15-27-8-10-28(11-9-27)22-20-12-18(19-13-25-26-14-19)6-7-21(20)23-16-24-22/h1-7,12-14,16H,8-11,15H2,(H,25,26). The van der Waals surface area contributed by atoms with Crippen LogP contribution in [0.4, 0.5) is 5.82 Å². The topological polar surface area (TPSA) is 60.9 Å². The molecule has 1 saturated heterocycles. The molecule has 6 heteroatoms. The zero-order valence-corrected chi connectivity index (χ0v) is 15.6. The van der Waals surface area contributed by atoms with Gasteiger partial charge in [0.15, 0.2) is 0 Å². The molecule has 0 amide bonds. The molecule has 2 aromatic carbocycles. The van der Waals surface area contributed by atoms with Crippen LogP contribution in [0, 0.1) is 0 Å². The third-order valence-corrected chi connectivity index (χ3v) is 5.37. The number of benzene rings is 2. The molecule has 0 bridgehead atoms. The lowest BCUT2D eigenvalue weighted by Crippen LogP contribution is -2.46. The SMILES string of the molecule is c1ccc(CN2CCN(c3ncnc4ccc(-c5cn[nH]c5)cc34)CC2)cc1. The normalized spacial score (nSPS) is 15.2. The van der Waals surface area contributed by atoms with E-state index in [9.17, 15) is 0 Å². The molecule has 1 N–H and O–H groups in total. The molecule has 0 atom stereocenters. The lowest BCUT2D eigenvalue weighted by Gasteiger charge is -2.35. The van der Waals surface area contributed by atoms with Crippen molar-refractivity contribution in [3.8, 4) is 11.1 Å². The maximum absolute atomic E-state index is 4.63. The van der Waals surface area contributed by atoms with Crippen molar-refractivity contribution in [3.63, 3.8) is 0 Å². The van der Waals surface area contributed by atoms with E-state index in [2.05, 4.69) is 78.5 Å². The predicted octanol–water partition coefficient (Wildman–Crippen LogP) is 3.34. The van der Waals surface area contributed by atoms with E-state index >= 15 is 0 Å². The van der Waals surface area contributed by atoms with E-state index in [1.807, 2.05) is 12.4 Å². The van der Waals surface area contributed by atoms with Gasteiger partial charge in [-0.3, -0.25) is 10.00 Å². The Labute approximate surface area is 163 Å². The highest BCUT2D eigenvalue weighted by Crippen LogP contribution is 2.29. The average Bonchev–Trinajstić information content (AvgIpc) is 3.29. The number of aromatic amines is 1. The third kappa shape index (κ3) is 3.34. The summed E-state index contributed by atoms with van der Waals surface area (Å²) in [6, 6.07) is 17.0. The first-order valence-corrected chi connectivity index (χ1v) is 9.62. The smallest absolute Gasteiger partial charge is 0.139 e. The van der Waals surface area contributed by atoms with Crippen LogP contribution in [0.1, 0.15) is 5.56 Å². The third-order valence-electron chi connectivity index (χ3n) is 5.37. The van der Waals surface area contributed by atoms with Crippen molar-refractivity contribution < 1.29 is 0 Å². The first kappa shape index (κ1) is 16.9. The Hall–Kier alpha value is -3.25. The molecule has 6 nitrogen and oxygen atoms in total. The van der Waals surface area contributed by atoms with Crippen molar-refractivity contribution in [2.45, 2.75) is 6.54 Å². The summed E-state index contributed by atoms with van der Waals surface area (Å²) in [5, 5.41) is 8.04. The number of nitrogens with one attached hydrogen (secondary N) is 1. The summed E-state index contributed by atoms with van der Waals surface area (Å²) >= 11 is 0. The highest BCUT2D eigenvalue weighted by molar-refractivity contribution is 5.92. The maximum atomic E-state index is 4.63. The number of fused-ring (bicyclic) bond motifs is 1. The Bertz CT molecular complexity index is 1050. The first-order valence-electron chi connectivity index (χ1n) is 9.62. The van der Waals surface area contributed by atoms with Crippen LogP contribution < -0.4 is 4.90 Å². The molecular formula is C22H22N6. The van der Waals surface area contributed by atoms with Crippen molar-refractivity contribution in [3.05, 3.63) is 72.8 Å². The second kappa shape index (κ2) is 7.40. The molecule has 0 radical (unpaired) electrons. The maximum Gasteiger partial charge on any atom is 0.139 e. The number of anilines is 1. The van der Waals surface area contributed by atoms with Crippen LogP contribution in [-0.2, 0) is 6.54 Å². The van der Waals surface area contributed by atoms with E-state index in [0.29, 0.717) is 0 Å². The van der Waals surface area contributed by atoms with E-state index in [1.54, 1.807) is 6.33 Å². The minimum Gasteiger partial charge on any atom is -0.353 e. The Morgan fingerprint density at radius 1 is 0.893 bits per heavy atom. The first-order chi connectivity index (χ1) is 13.9. The van der Waals surface area contributed by atoms with E-state index in [-0.39, 0.29) is 0 Å². The van der Waals surface area contributed by atoms with Gasteiger partial charge in [-0.05, 0) is 23.3 Å². The lowest BCUT2D eigenvalue weighted by molar-refractivity contribution is 0.249. The van der Waals surface area contributed by atoms with Crippen LogP contribution in [0.25, 0.3) is 22.0 Å². The van der Waals surface area contributed by atoms with Gasteiger partial charge < -0.3 is 4.90 Å². The summed E-state index contributed by atoms with van der Waals surface area (Å²) in [5.74, 6) is 1.02. The van der Waals surface area contributed by atoms with Crippen molar-refractivity contribution >= 4 is 16.7 Å². The van der Waals surface area contributed by atoms with Crippen LogP contribution in [-0.4, -0.2) is 51.2 Å². The van der Waals surface area contributed by atoms with Gasteiger partial charge in [-0.2, -0.15) is 5.10 Å². The Morgan fingerprint density at radius 3 is 2.54 bits per heavy atom. The van der Waals surface area contributed by atoms with Crippen molar-refractivity contribution in [1.29, 1.82) is 0 Å². The minimum atomic E-state index is 0.967. The van der Waals surface area contributed by atoms with Gasteiger partial charge in [-0.15, -0.1) is 0 Å². The Kier molecular flexibility index (Phi) is 4.47. The molecule has 1 aliphatic heterocycles. The molecule has 0 spiro atoms. The number of rotatable bonds is 4. The molecule has 0 saturated carbocycles. The van der Waals surface area contributed by atoms with E-state index < -0.39 is 0 Å². The number of hydrogen-bond donors (Lipinski definition) is 1. The Balaban J connectivity index is 1.37. The highest BCUT2D eigenvalue weighted by atomic mass is 15.3. The van der Waals surface area contributed by atoms with Gasteiger partial charge in [0.25, 0.3) is 0 Å². The zero-order valence-electron chi connectivity index (χ0n) is 15.6. The van der Waals surface area contributed by atoms with Crippen LogP contribution in [0.5, 0.6) is 0 Å². The molecule has 1 fully saturated rings. The quantitative estimate of drug-likeness (QED) is 0.597. The number of nitrogens with zero attached hydrogens (tertiary/aromatic N) is 5. The van der Waals surface area contributed by atoms with E-state index in [1.165, 1.54) is 5.56 Å². The van der Waals surface area contributed by atoms with Crippen LogP contribution in [0.15, 0.2) is 67.3 Å². The molecule has 0 unspecified atom stereocenters. The summed E-state index contributed by atoms with van der Waals surface area (Å²) in [4.78, 5) is 14.0. The Morgan fingerprint density at radius 2 is 1.75 bits per heavy atom. The fourth-order valence-corrected chi connectivity index (χ4v) is 3.84. The fraction of sp³-hybridized carbons (Fsp3) is 0.227. The van der Waals surface area contributed by atoms with Crippen LogP contribution in [0.2, 0.25) is 0 Å². The van der Waals surface area contributed by atoms with Gasteiger partial charge in [-0.25, -0.2) is 9.97 Å². The van der Waals surface area contributed by atoms with Crippen molar-refractivity contribution in [2.75, 3.05) is 31.1 Å². The lowest BCUT2D eigenvalue weighted by atomic mass is 10.1. The predicted molar refractivity (Wildman–Crippen MR) is 111 cm³/mol.